The fourth-order valence-electron chi connectivity index (χ4n) is 3.11. The third kappa shape index (κ3) is 5.81. The molecule has 0 radical (unpaired) electrons. The van der Waals surface area contributed by atoms with Gasteiger partial charge in [0, 0.05) is 13.1 Å². The first-order valence-electron chi connectivity index (χ1n) is 8.94. The number of carbonyl (C=O) groups excluding carboxylic acids is 2. The lowest BCUT2D eigenvalue weighted by atomic mass is 9.97. The highest BCUT2D eigenvalue weighted by Crippen LogP contribution is 2.20. The summed E-state index contributed by atoms with van der Waals surface area (Å²) >= 11 is 0. The van der Waals surface area contributed by atoms with Crippen molar-refractivity contribution in [3.8, 4) is 0 Å². The molecular weight excluding hydrogens is 323 g/mol. The van der Waals surface area contributed by atoms with E-state index in [2.05, 4.69) is 5.32 Å². The van der Waals surface area contributed by atoms with Crippen molar-refractivity contribution >= 4 is 11.9 Å². The number of rotatable bonds is 7. The molecule has 0 spiro atoms. The van der Waals surface area contributed by atoms with Crippen LogP contribution in [0.25, 0.3) is 0 Å². The van der Waals surface area contributed by atoms with Crippen molar-refractivity contribution in [2.75, 3.05) is 26.2 Å². The molecule has 1 aromatic carbocycles. The molecule has 1 N–H and O–H groups in total. The summed E-state index contributed by atoms with van der Waals surface area (Å²) in [4.78, 5) is 26.3. The van der Waals surface area contributed by atoms with Crippen LogP contribution in [0, 0.1) is 11.7 Å². The van der Waals surface area contributed by atoms with Crippen LogP contribution in [0.15, 0.2) is 24.3 Å². The Kier molecular flexibility index (Phi) is 7.37. The van der Waals surface area contributed by atoms with Crippen LogP contribution in [-0.2, 0) is 20.7 Å². The van der Waals surface area contributed by atoms with Gasteiger partial charge in [-0.3, -0.25) is 14.5 Å². The average Bonchev–Trinajstić information content (AvgIpc) is 2.63. The van der Waals surface area contributed by atoms with Gasteiger partial charge in [-0.15, -0.1) is 0 Å². The van der Waals surface area contributed by atoms with E-state index in [1.807, 2.05) is 11.8 Å². The van der Waals surface area contributed by atoms with Crippen molar-refractivity contribution in [3.05, 3.63) is 35.6 Å². The molecule has 5 nitrogen and oxygen atoms in total. The molecule has 2 atom stereocenters. The molecule has 1 aliphatic heterocycles. The van der Waals surface area contributed by atoms with Gasteiger partial charge in [0.25, 0.3) is 0 Å². The number of hydrogen-bond donors (Lipinski definition) is 1. The smallest absolute Gasteiger partial charge is 0.310 e. The zero-order valence-electron chi connectivity index (χ0n) is 15.0. The summed E-state index contributed by atoms with van der Waals surface area (Å²) in [6.07, 6.45) is 2.36. The van der Waals surface area contributed by atoms with Crippen LogP contribution in [0.1, 0.15) is 32.3 Å². The fourth-order valence-corrected chi connectivity index (χ4v) is 3.11. The third-order valence-electron chi connectivity index (χ3n) is 4.63. The summed E-state index contributed by atoms with van der Waals surface area (Å²) in [5, 5.41) is 2.92. The lowest BCUT2D eigenvalue weighted by Crippen LogP contribution is -2.50. The molecule has 1 heterocycles. The van der Waals surface area contributed by atoms with Crippen molar-refractivity contribution in [2.24, 2.45) is 5.92 Å². The largest absolute Gasteiger partial charge is 0.466 e. The Morgan fingerprint density at radius 3 is 2.76 bits per heavy atom. The van der Waals surface area contributed by atoms with Gasteiger partial charge in [-0.2, -0.15) is 0 Å². The number of hydrogen-bond acceptors (Lipinski definition) is 4. The van der Waals surface area contributed by atoms with Gasteiger partial charge >= 0.3 is 5.97 Å². The monoisotopic (exact) mass is 350 g/mol. The summed E-state index contributed by atoms with van der Waals surface area (Å²) in [6.45, 7) is 5.92. The molecule has 0 aromatic heterocycles. The van der Waals surface area contributed by atoms with Crippen LogP contribution in [-0.4, -0.2) is 49.1 Å². The van der Waals surface area contributed by atoms with Gasteiger partial charge in [-0.1, -0.05) is 12.1 Å². The minimum Gasteiger partial charge on any atom is -0.466 e. The standard InChI is InChI=1S/C19H27FN2O3/c1-3-25-19(24)16-5-4-12-22(13-16)14(2)18(23)21-11-10-15-6-8-17(20)9-7-15/h6-9,14,16H,3-5,10-13H2,1-2H3,(H,21,23). The predicted molar refractivity (Wildman–Crippen MR) is 93.5 cm³/mol. The number of amides is 1. The molecule has 1 aliphatic rings. The first kappa shape index (κ1) is 19.4. The summed E-state index contributed by atoms with van der Waals surface area (Å²) in [7, 11) is 0. The van der Waals surface area contributed by atoms with Crippen LogP contribution in [0.2, 0.25) is 0 Å². The lowest BCUT2D eigenvalue weighted by Gasteiger charge is -2.35. The number of benzene rings is 1. The minimum absolute atomic E-state index is 0.0494. The quantitative estimate of drug-likeness (QED) is 0.766. The van der Waals surface area contributed by atoms with E-state index in [1.165, 1.54) is 12.1 Å². The third-order valence-corrected chi connectivity index (χ3v) is 4.63. The average molecular weight is 350 g/mol. The summed E-state index contributed by atoms with van der Waals surface area (Å²) in [6, 6.07) is 6.00. The van der Waals surface area contributed by atoms with Crippen molar-refractivity contribution < 1.29 is 18.7 Å². The van der Waals surface area contributed by atoms with E-state index in [-0.39, 0.29) is 29.7 Å². The molecule has 2 unspecified atom stereocenters. The second kappa shape index (κ2) is 9.51. The minimum atomic E-state index is -0.287. The number of nitrogens with zero attached hydrogens (tertiary/aromatic N) is 1. The van der Waals surface area contributed by atoms with E-state index < -0.39 is 0 Å². The lowest BCUT2D eigenvalue weighted by molar-refractivity contribution is -0.151. The van der Waals surface area contributed by atoms with E-state index >= 15 is 0 Å². The van der Waals surface area contributed by atoms with Crippen LogP contribution in [0.4, 0.5) is 4.39 Å². The van der Waals surface area contributed by atoms with Gasteiger partial charge in [0.1, 0.15) is 5.82 Å². The number of nitrogens with one attached hydrogen (secondary N) is 1. The molecular formula is C19H27FN2O3. The van der Waals surface area contributed by atoms with Crippen LogP contribution in [0.3, 0.4) is 0 Å². The van der Waals surface area contributed by atoms with Crippen molar-refractivity contribution in [2.45, 2.75) is 39.2 Å². The van der Waals surface area contributed by atoms with E-state index in [1.54, 1.807) is 19.1 Å². The van der Waals surface area contributed by atoms with E-state index in [0.717, 1.165) is 24.9 Å². The molecule has 1 fully saturated rings. The second-order valence-electron chi connectivity index (χ2n) is 6.43. The van der Waals surface area contributed by atoms with Gasteiger partial charge in [0.15, 0.2) is 0 Å². The van der Waals surface area contributed by atoms with Crippen LogP contribution >= 0.6 is 0 Å². The molecule has 1 amide bonds. The molecule has 25 heavy (non-hydrogen) atoms. The highest BCUT2D eigenvalue weighted by atomic mass is 19.1. The van der Waals surface area contributed by atoms with Crippen LogP contribution in [0.5, 0.6) is 0 Å². The Hall–Kier alpha value is -1.95. The van der Waals surface area contributed by atoms with Crippen LogP contribution < -0.4 is 5.32 Å². The van der Waals surface area contributed by atoms with Gasteiger partial charge < -0.3 is 10.1 Å². The molecule has 2 rings (SSSR count). The molecule has 138 valence electrons. The molecule has 6 heteroatoms. The Morgan fingerprint density at radius 1 is 1.36 bits per heavy atom. The molecule has 0 saturated carbocycles. The van der Waals surface area contributed by atoms with Crippen molar-refractivity contribution in [3.63, 3.8) is 0 Å². The molecule has 1 saturated heterocycles. The molecule has 0 bridgehead atoms. The van der Waals surface area contributed by atoms with Crippen molar-refractivity contribution in [1.29, 1.82) is 0 Å². The Balaban J connectivity index is 1.78. The van der Waals surface area contributed by atoms with Gasteiger partial charge in [-0.25, -0.2) is 4.39 Å². The summed E-state index contributed by atoms with van der Waals surface area (Å²) in [5.41, 5.74) is 0.981. The van der Waals surface area contributed by atoms with Crippen molar-refractivity contribution in [1.82, 2.24) is 10.2 Å². The van der Waals surface area contributed by atoms with E-state index in [9.17, 15) is 14.0 Å². The number of halogens is 1. The maximum atomic E-state index is 12.9. The highest BCUT2D eigenvalue weighted by molar-refractivity contribution is 5.81. The first-order valence-corrected chi connectivity index (χ1v) is 8.94. The Bertz CT molecular complexity index is 577. The second-order valence-corrected chi connectivity index (χ2v) is 6.43. The summed E-state index contributed by atoms with van der Waals surface area (Å²) in [5.74, 6) is -0.631. The summed E-state index contributed by atoms with van der Waals surface area (Å²) < 4.78 is 18.0. The Morgan fingerprint density at radius 2 is 2.08 bits per heavy atom. The normalized spacial score (nSPS) is 19.2. The van der Waals surface area contributed by atoms with Gasteiger partial charge in [-0.05, 0) is 57.4 Å². The number of piperidine rings is 1. The molecule has 1 aromatic rings. The maximum absolute atomic E-state index is 12.9. The number of likely N-dealkylation sites (tertiary alicyclic amines) is 1. The SMILES string of the molecule is CCOC(=O)C1CCCN(C(C)C(=O)NCCc2ccc(F)cc2)C1. The zero-order valence-corrected chi connectivity index (χ0v) is 15.0. The van der Waals surface area contributed by atoms with Gasteiger partial charge in [0.05, 0.1) is 18.6 Å². The number of esters is 1. The maximum Gasteiger partial charge on any atom is 0.310 e. The van der Waals surface area contributed by atoms with E-state index in [4.69, 9.17) is 4.74 Å². The number of ether oxygens (including phenoxy) is 1. The predicted octanol–water partition coefficient (Wildman–Crippen LogP) is 2.15. The molecule has 0 aliphatic carbocycles. The Labute approximate surface area is 148 Å². The topological polar surface area (TPSA) is 58.6 Å². The first-order chi connectivity index (χ1) is 12.0. The zero-order chi connectivity index (χ0) is 18.2. The van der Waals surface area contributed by atoms with Gasteiger partial charge in [0.2, 0.25) is 5.91 Å². The fraction of sp³-hybridized carbons (Fsp3) is 0.579. The van der Waals surface area contributed by atoms with E-state index in [0.29, 0.717) is 26.1 Å². The number of carbonyl (C=O) groups is 2. The highest BCUT2D eigenvalue weighted by Gasteiger charge is 2.31.